The fraction of sp³-hybridized carbons (Fsp3) is 0.393. The molecular weight excluding hydrogens is 380 g/mol. The van der Waals surface area contributed by atoms with Gasteiger partial charge in [0, 0.05) is 17.9 Å². The Hall–Kier alpha value is -2.81. The number of benzene rings is 2. The van der Waals surface area contributed by atoms with E-state index in [2.05, 4.69) is 74.7 Å². The quantitative estimate of drug-likeness (QED) is 0.534. The van der Waals surface area contributed by atoms with Crippen LogP contribution in [0.3, 0.4) is 0 Å². The highest BCUT2D eigenvalue weighted by atomic mass is 16.1. The molecule has 31 heavy (non-hydrogen) atoms. The van der Waals surface area contributed by atoms with Crippen LogP contribution in [0, 0.1) is 6.92 Å². The third kappa shape index (κ3) is 3.94. The first-order valence-electron chi connectivity index (χ1n) is 11.3. The van der Waals surface area contributed by atoms with Crippen molar-refractivity contribution >= 4 is 5.91 Å². The third-order valence-corrected chi connectivity index (χ3v) is 7.25. The van der Waals surface area contributed by atoms with E-state index < -0.39 is 0 Å². The summed E-state index contributed by atoms with van der Waals surface area (Å²) in [7, 11) is 0. The lowest BCUT2D eigenvalue weighted by molar-refractivity contribution is 0.0999. The van der Waals surface area contributed by atoms with E-state index in [1.54, 1.807) is 0 Å². The number of aryl methyl sites for hydroxylation is 1. The Morgan fingerprint density at radius 2 is 1.58 bits per heavy atom. The lowest BCUT2D eigenvalue weighted by atomic mass is 9.63. The van der Waals surface area contributed by atoms with Crippen molar-refractivity contribution in [2.75, 3.05) is 0 Å². The minimum Gasteiger partial charge on any atom is -0.366 e. The van der Waals surface area contributed by atoms with Gasteiger partial charge in [-0.3, -0.25) is 4.79 Å². The summed E-state index contributed by atoms with van der Waals surface area (Å²) < 4.78 is 2.26. The summed E-state index contributed by atoms with van der Waals surface area (Å²) in [6, 6.07) is 19.3. The predicted molar refractivity (Wildman–Crippen MR) is 129 cm³/mol. The average Bonchev–Trinajstić information content (AvgIpc) is 3.07. The molecule has 0 bridgehead atoms. The summed E-state index contributed by atoms with van der Waals surface area (Å²) in [4.78, 5) is 12.1. The first-order valence-corrected chi connectivity index (χ1v) is 11.3. The van der Waals surface area contributed by atoms with E-state index in [4.69, 9.17) is 5.73 Å². The highest BCUT2D eigenvalue weighted by Crippen LogP contribution is 2.47. The van der Waals surface area contributed by atoms with Crippen LogP contribution < -0.4 is 5.73 Å². The van der Waals surface area contributed by atoms with Gasteiger partial charge in [0.25, 0.3) is 5.91 Å². The number of fused-ring (bicyclic) bond motifs is 1. The van der Waals surface area contributed by atoms with Gasteiger partial charge in [-0.15, -0.1) is 0 Å². The van der Waals surface area contributed by atoms with Gasteiger partial charge >= 0.3 is 0 Å². The van der Waals surface area contributed by atoms with Gasteiger partial charge in [-0.25, -0.2) is 0 Å². The molecule has 0 atom stereocenters. The van der Waals surface area contributed by atoms with Crippen LogP contribution in [0.4, 0.5) is 0 Å². The molecule has 0 spiro atoms. The standard InChI is InChI=1S/C28H34N2O/c1-19-22(26(29)31)18-25(30(19)16-13-20-9-7-6-8-10-20)21-11-12-23-24(17-21)28(4,5)15-14-27(23,2)3/h6-12,17-18H,13-16H2,1-5H3,(H2,29,31). The third-order valence-electron chi connectivity index (χ3n) is 7.25. The zero-order chi connectivity index (χ0) is 22.4. The SMILES string of the molecule is Cc1c(C(N)=O)cc(-c2ccc3c(c2)C(C)(C)CCC3(C)C)n1CCc1ccccc1. The second-order valence-electron chi connectivity index (χ2n) is 10.3. The first kappa shape index (κ1) is 21.4. The molecule has 0 aliphatic heterocycles. The molecule has 162 valence electrons. The maximum absolute atomic E-state index is 12.1. The fourth-order valence-corrected chi connectivity index (χ4v) is 5.06. The second-order valence-corrected chi connectivity index (χ2v) is 10.3. The van der Waals surface area contributed by atoms with E-state index in [0.717, 1.165) is 29.9 Å². The minimum absolute atomic E-state index is 0.143. The van der Waals surface area contributed by atoms with Crippen LogP contribution in [-0.4, -0.2) is 10.5 Å². The van der Waals surface area contributed by atoms with Crippen LogP contribution in [0.25, 0.3) is 11.3 Å². The van der Waals surface area contributed by atoms with Gasteiger partial charge in [-0.2, -0.15) is 0 Å². The lowest BCUT2D eigenvalue weighted by Gasteiger charge is -2.42. The van der Waals surface area contributed by atoms with Crippen molar-refractivity contribution in [3.8, 4) is 11.3 Å². The van der Waals surface area contributed by atoms with Gasteiger partial charge in [0.05, 0.1) is 5.56 Å². The van der Waals surface area contributed by atoms with Crippen molar-refractivity contribution in [1.82, 2.24) is 4.57 Å². The van der Waals surface area contributed by atoms with Crippen molar-refractivity contribution < 1.29 is 4.79 Å². The van der Waals surface area contributed by atoms with Gasteiger partial charge in [-0.05, 0) is 71.4 Å². The summed E-state index contributed by atoms with van der Waals surface area (Å²) in [6.45, 7) is 12.2. The number of amides is 1. The molecule has 2 aromatic carbocycles. The zero-order valence-corrected chi connectivity index (χ0v) is 19.5. The summed E-state index contributed by atoms with van der Waals surface area (Å²) in [5.74, 6) is -0.364. The predicted octanol–water partition coefficient (Wildman–Crippen LogP) is 6.15. The van der Waals surface area contributed by atoms with E-state index in [0.29, 0.717) is 5.56 Å². The zero-order valence-electron chi connectivity index (χ0n) is 19.5. The molecule has 0 radical (unpaired) electrons. The molecule has 0 fully saturated rings. The van der Waals surface area contributed by atoms with Crippen LogP contribution in [-0.2, 0) is 23.8 Å². The van der Waals surface area contributed by atoms with Gasteiger partial charge in [-0.1, -0.05) is 70.2 Å². The highest BCUT2D eigenvalue weighted by Gasteiger charge is 2.37. The number of carbonyl (C=O) groups is 1. The van der Waals surface area contributed by atoms with Crippen molar-refractivity contribution in [3.05, 3.63) is 82.5 Å². The maximum Gasteiger partial charge on any atom is 0.250 e. The summed E-state index contributed by atoms with van der Waals surface area (Å²) in [5.41, 5.74) is 14.0. The molecule has 1 heterocycles. The molecule has 3 aromatic rings. The van der Waals surface area contributed by atoms with Crippen LogP contribution in [0.2, 0.25) is 0 Å². The van der Waals surface area contributed by atoms with Crippen LogP contribution in [0.1, 0.15) is 73.3 Å². The number of hydrogen-bond donors (Lipinski definition) is 1. The van der Waals surface area contributed by atoms with E-state index >= 15 is 0 Å². The topological polar surface area (TPSA) is 48.0 Å². The maximum atomic E-state index is 12.1. The average molecular weight is 415 g/mol. The van der Waals surface area contributed by atoms with E-state index in [9.17, 15) is 4.79 Å². The second kappa shape index (κ2) is 7.71. The lowest BCUT2D eigenvalue weighted by Crippen LogP contribution is -2.33. The Labute approximate surface area is 186 Å². The van der Waals surface area contributed by atoms with E-state index in [1.165, 1.54) is 29.5 Å². The Kier molecular flexibility index (Phi) is 5.33. The van der Waals surface area contributed by atoms with Crippen LogP contribution in [0.15, 0.2) is 54.6 Å². The van der Waals surface area contributed by atoms with Gasteiger partial charge < -0.3 is 10.3 Å². The molecular formula is C28H34N2O. The molecule has 0 unspecified atom stereocenters. The smallest absolute Gasteiger partial charge is 0.250 e. The molecule has 1 aliphatic carbocycles. The molecule has 2 N–H and O–H groups in total. The monoisotopic (exact) mass is 414 g/mol. The minimum atomic E-state index is -0.364. The Balaban J connectivity index is 1.80. The van der Waals surface area contributed by atoms with Gasteiger partial charge in [0.1, 0.15) is 0 Å². The van der Waals surface area contributed by atoms with Crippen LogP contribution >= 0.6 is 0 Å². The Bertz CT molecular complexity index is 1120. The first-order chi connectivity index (χ1) is 14.6. The number of primary amides is 1. The summed E-state index contributed by atoms with van der Waals surface area (Å²) >= 11 is 0. The molecule has 0 saturated heterocycles. The van der Waals surface area contributed by atoms with Crippen LogP contribution in [0.5, 0.6) is 0 Å². The van der Waals surface area contributed by atoms with Crippen molar-refractivity contribution in [2.45, 2.75) is 71.3 Å². The molecule has 1 amide bonds. The normalized spacial score (nSPS) is 16.7. The Morgan fingerprint density at radius 1 is 0.935 bits per heavy atom. The molecule has 0 saturated carbocycles. The number of nitrogens with zero attached hydrogens (tertiary/aromatic N) is 1. The Morgan fingerprint density at radius 3 is 2.23 bits per heavy atom. The number of nitrogens with two attached hydrogens (primary N) is 1. The molecule has 4 rings (SSSR count). The molecule has 1 aliphatic rings. The number of hydrogen-bond acceptors (Lipinski definition) is 1. The number of rotatable bonds is 5. The molecule has 1 aromatic heterocycles. The number of carbonyl (C=O) groups excluding carboxylic acids is 1. The van der Waals surface area contributed by atoms with E-state index in [1.807, 2.05) is 19.1 Å². The largest absolute Gasteiger partial charge is 0.366 e. The van der Waals surface area contributed by atoms with Crippen molar-refractivity contribution in [3.63, 3.8) is 0 Å². The summed E-state index contributed by atoms with van der Waals surface area (Å²) in [5, 5.41) is 0. The molecule has 3 heteroatoms. The molecule has 3 nitrogen and oxygen atoms in total. The van der Waals surface area contributed by atoms with E-state index in [-0.39, 0.29) is 16.7 Å². The van der Waals surface area contributed by atoms with Gasteiger partial charge in [0.15, 0.2) is 0 Å². The van der Waals surface area contributed by atoms with Crippen molar-refractivity contribution in [2.24, 2.45) is 5.73 Å². The number of aromatic nitrogens is 1. The van der Waals surface area contributed by atoms with Crippen molar-refractivity contribution in [1.29, 1.82) is 0 Å². The highest BCUT2D eigenvalue weighted by molar-refractivity contribution is 5.95. The summed E-state index contributed by atoms with van der Waals surface area (Å²) in [6.07, 6.45) is 3.28. The fourth-order valence-electron chi connectivity index (χ4n) is 5.06. The van der Waals surface area contributed by atoms with Gasteiger partial charge in [0.2, 0.25) is 0 Å².